The van der Waals surface area contributed by atoms with Crippen molar-refractivity contribution in [3.05, 3.63) is 59.7 Å². The summed E-state index contributed by atoms with van der Waals surface area (Å²) in [5, 5.41) is 2.64. The molecule has 31 heavy (non-hydrogen) atoms. The summed E-state index contributed by atoms with van der Waals surface area (Å²) in [4.78, 5) is 12.4. The van der Waals surface area contributed by atoms with Gasteiger partial charge in [-0.1, -0.05) is 24.3 Å². The number of hydrogen-bond acceptors (Lipinski definition) is 5. The number of sulfonamides is 1. The van der Waals surface area contributed by atoms with Gasteiger partial charge in [-0.05, 0) is 67.5 Å². The van der Waals surface area contributed by atoms with Crippen LogP contribution in [-0.2, 0) is 37.5 Å². The highest BCUT2D eigenvalue weighted by molar-refractivity contribution is 7.91. The maximum absolute atomic E-state index is 12.5. The lowest BCUT2D eigenvalue weighted by atomic mass is 9.92. The number of nitrogens with one attached hydrogen (secondary N) is 2. The molecule has 7 nitrogen and oxygen atoms in total. The first-order valence-electron chi connectivity index (χ1n) is 10.4. The van der Waals surface area contributed by atoms with Gasteiger partial charge in [-0.25, -0.2) is 21.6 Å². The summed E-state index contributed by atoms with van der Waals surface area (Å²) in [5.74, 6) is -0.396. The van der Waals surface area contributed by atoms with Crippen LogP contribution in [0.3, 0.4) is 0 Å². The molecule has 2 aromatic rings. The van der Waals surface area contributed by atoms with E-state index >= 15 is 0 Å². The molecule has 0 bridgehead atoms. The predicted octanol–water partition coefficient (Wildman–Crippen LogP) is 2.21. The highest BCUT2D eigenvalue weighted by atomic mass is 32.2. The van der Waals surface area contributed by atoms with E-state index in [9.17, 15) is 21.6 Å². The van der Waals surface area contributed by atoms with Gasteiger partial charge in [-0.3, -0.25) is 4.79 Å². The van der Waals surface area contributed by atoms with Gasteiger partial charge in [0.15, 0.2) is 9.84 Å². The zero-order valence-electron chi connectivity index (χ0n) is 17.3. The Morgan fingerprint density at radius 1 is 0.839 bits per heavy atom. The van der Waals surface area contributed by atoms with Gasteiger partial charge in [-0.15, -0.1) is 0 Å². The number of sulfone groups is 1. The summed E-state index contributed by atoms with van der Waals surface area (Å²) in [6.07, 6.45) is 4.33. The van der Waals surface area contributed by atoms with E-state index in [1.807, 2.05) is 6.07 Å². The van der Waals surface area contributed by atoms with E-state index < -0.39 is 19.9 Å². The molecule has 0 saturated heterocycles. The molecule has 0 aliphatic heterocycles. The summed E-state index contributed by atoms with van der Waals surface area (Å²) in [6, 6.07) is 13.4. The molecule has 0 unspecified atom stereocenters. The Kier molecular flexibility index (Phi) is 7.85. The molecule has 1 aliphatic carbocycles. The smallest absolute Gasteiger partial charge is 0.240 e. The number of carbonyl (C=O) groups excluding carboxylic acids is 1. The molecular formula is C22H28N2O5S2. The van der Waals surface area contributed by atoms with Gasteiger partial charge in [0, 0.05) is 19.5 Å². The van der Waals surface area contributed by atoms with Crippen LogP contribution in [0, 0.1) is 0 Å². The number of fused-ring (bicyclic) bond motifs is 1. The third-order valence-electron chi connectivity index (χ3n) is 5.29. The first-order valence-corrected chi connectivity index (χ1v) is 13.6. The highest BCUT2D eigenvalue weighted by Gasteiger charge is 2.18. The fraction of sp³-hybridized carbons (Fsp3) is 0.409. The lowest BCUT2D eigenvalue weighted by Crippen LogP contribution is -2.31. The van der Waals surface area contributed by atoms with Crippen LogP contribution in [0.2, 0.25) is 0 Å². The van der Waals surface area contributed by atoms with Crippen molar-refractivity contribution < 1.29 is 21.6 Å². The van der Waals surface area contributed by atoms with E-state index in [2.05, 4.69) is 10.0 Å². The van der Waals surface area contributed by atoms with Crippen LogP contribution in [0.15, 0.2) is 58.3 Å². The minimum Gasteiger partial charge on any atom is -0.356 e. The van der Waals surface area contributed by atoms with E-state index in [4.69, 9.17) is 0 Å². The third kappa shape index (κ3) is 6.62. The standard InChI is InChI=1S/C22H28N2O5S2/c25-22(23-14-6-16-30(26,27)20-9-2-1-3-10-20)13-15-24-31(28,29)21-12-11-18-7-4-5-8-19(18)17-21/h1-3,9-12,17,24H,4-8,13-16H2,(H,23,25). The summed E-state index contributed by atoms with van der Waals surface area (Å²) >= 11 is 0. The van der Waals surface area contributed by atoms with E-state index in [1.165, 1.54) is 5.56 Å². The van der Waals surface area contributed by atoms with Crippen LogP contribution < -0.4 is 10.0 Å². The number of rotatable bonds is 10. The van der Waals surface area contributed by atoms with Gasteiger partial charge < -0.3 is 5.32 Å². The molecule has 0 heterocycles. The molecule has 2 N–H and O–H groups in total. The third-order valence-corrected chi connectivity index (χ3v) is 8.56. The quantitative estimate of drug-likeness (QED) is 0.524. The molecule has 0 saturated carbocycles. The Bertz CT molecular complexity index is 1110. The second-order valence-corrected chi connectivity index (χ2v) is 11.5. The molecule has 1 aliphatic rings. The molecule has 0 spiro atoms. The maximum atomic E-state index is 12.5. The molecule has 0 aromatic heterocycles. The van der Waals surface area contributed by atoms with Gasteiger partial charge in [0.25, 0.3) is 0 Å². The fourth-order valence-electron chi connectivity index (χ4n) is 3.58. The normalized spacial score (nSPS) is 14.1. The van der Waals surface area contributed by atoms with Crippen LogP contribution in [-0.4, -0.2) is 41.6 Å². The van der Waals surface area contributed by atoms with E-state index in [0.717, 1.165) is 31.2 Å². The molecule has 2 aromatic carbocycles. The minimum atomic E-state index is -3.67. The lowest BCUT2D eigenvalue weighted by molar-refractivity contribution is -0.120. The minimum absolute atomic E-state index is 0.0182. The van der Waals surface area contributed by atoms with E-state index in [1.54, 1.807) is 42.5 Å². The number of hydrogen-bond donors (Lipinski definition) is 2. The predicted molar refractivity (Wildman–Crippen MR) is 119 cm³/mol. The Morgan fingerprint density at radius 2 is 1.55 bits per heavy atom. The van der Waals surface area contributed by atoms with Gasteiger partial charge >= 0.3 is 0 Å². The van der Waals surface area contributed by atoms with E-state index in [0.29, 0.717) is 0 Å². The Hall–Kier alpha value is -2.23. The summed E-state index contributed by atoms with van der Waals surface area (Å²) < 4.78 is 51.8. The topological polar surface area (TPSA) is 109 Å². The summed E-state index contributed by atoms with van der Waals surface area (Å²) in [6.45, 7) is 0.191. The van der Waals surface area contributed by atoms with Crippen LogP contribution in [0.4, 0.5) is 0 Å². The van der Waals surface area contributed by atoms with Gasteiger partial charge in [0.05, 0.1) is 15.5 Å². The van der Waals surface area contributed by atoms with Crippen molar-refractivity contribution in [1.82, 2.24) is 10.0 Å². The van der Waals surface area contributed by atoms with Crippen LogP contribution in [0.25, 0.3) is 0 Å². The molecule has 9 heteroatoms. The Morgan fingerprint density at radius 3 is 2.29 bits per heavy atom. The zero-order chi connectivity index (χ0) is 22.3. The second-order valence-electron chi connectivity index (χ2n) is 7.62. The number of benzene rings is 2. The SMILES string of the molecule is O=C(CCNS(=O)(=O)c1ccc2c(c1)CCCC2)NCCCS(=O)(=O)c1ccccc1. The van der Waals surface area contributed by atoms with Crippen LogP contribution >= 0.6 is 0 Å². The first-order chi connectivity index (χ1) is 14.8. The fourth-order valence-corrected chi connectivity index (χ4v) is 6.00. The van der Waals surface area contributed by atoms with Crippen molar-refractivity contribution in [3.63, 3.8) is 0 Å². The van der Waals surface area contributed by atoms with Gasteiger partial charge in [0.1, 0.15) is 0 Å². The number of carbonyl (C=O) groups is 1. The van der Waals surface area contributed by atoms with Gasteiger partial charge in [-0.2, -0.15) is 0 Å². The van der Waals surface area contributed by atoms with Crippen molar-refractivity contribution in [2.45, 2.75) is 48.3 Å². The number of amides is 1. The molecule has 3 rings (SSSR count). The molecule has 1 amide bonds. The molecule has 0 atom stereocenters. The monoisotopic (exact) mass is 464 g/mol. The first kappa shape index (κ1) is 23.4. The lowest BCUT2D eigenvalue weighted by Gasteiger charge is -2.16. The second kappa shape index (κ2) is 10.4. The highest BCUT2D eigenvalue weighted by Crippen LogP contribution is 2.24. The molecular weight excluding hydrogens is 436 g/mol. The van der Waals surface area contributed by atoms with Crippen molar-refractivity contribution in [2.75, 3.05) is 18.8 Å². The molecule has 0 fully saturated rings. The van der Waals surface area contributed by atoms with Crippen LogP contribution in [0.1, 0.15) is 36.8 Å². The summed E-state index contributed by atoms with van der Waals surface area (Å²) in [5.41, 5.74) is 2.29. The maximum Gasteiger partial charge on any atom is 0.240 e. The van der Waals surface area contributed by atoms with Crippen molar-refractivity contribution in [2.24, 2.45) is 0 Å². The van der Waals surface area contributed by atoms with Crippen molar-refractivity contribution in [3.8, 4) is 0 Å². The zero-order valence-corrected chi connectivity index (χ0v) is 19.0. The van der Waals surface area contributed by atoms with Gasteiger partial charge in [0.2, 0.25) is 15.9 Å². The molecule has 0 radical (unpaired) electrons. The Labute approximate surface area is 184 Å². The molecule has 168 valence electrons. The average molecular weight is 465 g/mol. The largest absolute Gasteiger partial charge is 0.356 e. The summed E-state index contributed by atoms with van der Waals surface area (Å²) in [7, 11) is -7.05. The van der Waals surface area contributed by atoms with Crippen molar-refractivity contribution >= 4 is 25.8 Å². The van der Waals surface area contributed by atoms with E-state index in [-0.39, 0.29) is 47.4 Å². The average Bonchev–Trinajstić information content (AvgIpc) is 2.77. The van der Waals surface area contributed by atoms with Crippen LogP contribution in [0.5, 0.6) is 0 Å². The van der Waals surface area contributed by atoms with Crippen molar-refractivity contribution in [1.29, 1.82) is 0 Å². The Balaban J connectivity index is 1.40. The number of aryl methyl sites for hydroxylation is 2.